The van der Waals surface area contributed by atoms with E-state index in [1.807, 2.05) is 12.3 Å². The zero-order valence-electron chi connectivity index (χ0n) is 12.5. The molecule has 2 aromatic rings. The van der Waals surface area contributed by atoms with E-state index in [2.05, 4.69) is 65.2 Å². The van der Waals surface area contributed by atoms with E-state index in [4.69, 9.17) is 0 Å². The monoisotopic (exact) mass is 334 g/mol. The summed E-state index contributed by atoms with van der Waals surface area (Å²) < 4.78 is 1.11. The average molecular weight is 335 g/mol. The molecule has 108 valence electrons. The summed E-state index contributed by atoms with van der Waals surface area (Å²) in [5, 5.41) is 4.94. The lowest BCUT2D eigenvalue weighted by Crippen LogP contribution is -2.43. The third kappa shape index (κ3) is 3.04. The summed E-state index contributed by atoms with van der Waals surface area (Å²) in [6.07, 6.45) is 5.33. The van der Waals surface area contributed by atoms with Gasteiger partial charge in [-0.15, -0.1) is 0 Å². The number of fused-ring (bicyclic) bond motifs is 1. The Morgan fingerprint density at radius 1 is 1.10 bits per heavy atom. The van der Waals surface area contributed by atoms with Gasteiger partial charge in [-0.3, -0.25) is 4.98 Å². The van der Waals surface area contributed by atoms with Crippen molar-refractivity contribution in [2.24, 2.45) is 0 Å². The first-order valence-corrected chi connectivity index (χ1v) is 8.22. The second-order valence-electron chi connectivity index (χ2n) is 5.30. The molecule has 0 bridgehead atoms. The van der Waals surface area contributed by atoms with Crippen LogP contribution in [-0.4, -0.2) is 10.5 Å². The molecular formula is C17H23BrN2. The van der Waals surface area contributed by atoms with E-state index in [9.17, 15) is 0 Å². The number of nitrogens with one attached hydrogen (secondary N) is 1. The van der Waals surface area contributed by atoms with Crippen molar-refractivity contribution in [2.75, 3.05) is 0 Å². The highest BCUT2D eigenvalue weighted by Crippen LogP contribution is 2.26. The molecule has 0 aliphatic heterocycles. The summed E-state index contributed by atoms with van der Waals surface area (Å²) in [5.74, 6) is 0. The molecule has 2 rings (SSSR count). The molecule has 1 aromatic carbocycles. The predicted molar refractivity (Wildman–Crippen MR) is 89.9 cm³/mol. The Morgan fingerprint density at radius 3 is 2.45 bits per heavy atom. The van der Waals surface area contributed by atoms with E-state index in [1.54, 1.807) is 0 Å². The zero-order valence-corrected chi connectivity index (χ0v) is 14.1. The van der Waals surface area contributed by atoms with Crippen molar-refractivity contribution in [2.45, 2.75) is 52.1 Å². The van der Waals surface area contributed by atoms with Crippen molar-refractivity contribution in [3.8, 4) is 0 Å². The Labute approximate surface area is 130 Å². The van der Waals surface area contributed by atoms with Gasteiger partial charge in [-0.05, 0) is 37.0 Å². The van der Waals surface area contributed by atoms with E-state index in [0.29, 0.717) is 0 Å². The van der Waals surface area contributed by atoms with Gasteiger partial charge < -0.3 is 5.32 Å². The fraction of sp³-hybridized carbons (Fsp3) is 0.471. The first-order chi connectivity index (χ1) is 9.65. The standard InChI is InChI=1S/C17H23BrN2/c1-4-17(5-2,6-3)20-12-13-9-10-15(18)14-8-7-11-19-16(13)14/h7-11,20H,4-6,12H2,1-3H3. The maximum Gasteiger partial charge on any atom is 0.0758 e. The summed E-state index contributed by atoms with van der Waals surface area (Å²) in [5.41, 5.74) is 2.60. The van der Waals surface area contributed by atoms with Gasteiger partial charge in [0.1, 0.15) is 0 Å². The summed E-state index contributed by atoms with van der Waals surface area (Å²) in [4.78, 5) is 4.55. The first-order valence-electron chi connectivity index (χ1n) is 7.43. The molecule has 0 unspecified atom stereocenters. The molecule has 1 heterocycles. The SMILES string of the molecule is CCC(CC)(CC)NCc1ccc(Br)c2cccnc12. The molecule has 0 saturated heterocycles. The van der Waals surface area contributed by atoms with E-state index < -0.39 is 0 Å². The van der Waals surface area contributed by atoms with Crippen LogP contribution in [0.25, 0.3) is 10.9 Å². The molecule has 0 radical (unpaired) electrons. The number of rotatable bonds is 6. The van der Waals surface area contributed by atoms with Gasteiger partial charge in [0, 0.05) is 28.1 Å². The Kier molecular flexibility index (Phi) is 5.17. The third-order valence-electron chi connectivity index (χ3n) is 4.48. The average Bonchev–Trinajstić information content (AvgIpc) is 2.51. The van der Waals surface area contributed by atoms with E-state index in [1.165, 1.54) is 10.9 Å². The summed E-state index contributed by atoms with van der Waals surface area (Å²) in [6.45, 7) is 7.66. The van der Waals surface area contributed by atoms with E-state index in [-0.39, 0.29) is 5.54 Å². The van der Waals surface area contributed by atoms with Gasteiger partial charge in [-0.2, -0.15) is 0 Å². The molecule has 0 spiro atoms. The van der Waals surface area contributed by atoms with Crippen LogP contribution < -0.4 is 5.32 Å². The first kappa shape index (κ1) is 15.5. The van der Waals surface area contributed by atoms with Gasteiger partial charge >= 0.3 is 0 Å². The number of hydrogen-bond acceptors (Lipinski definition) is 2. The lowest BCUT2D eigenvalue weighted by atomic mass is 9.89. The van der Waals surface area contributed by atoms with E-state index in [0.717, 1.165) is 35.8 Å². The number of aromatic nitrogens is 1. The molecule has 0 amide bonds. The van der Waals surface area contributed by atoms with Crippen LogP contribution in [0.15, 0.2) is 34.9 Å². The fourth-order valence-electron chi connectivity index (χ4n) is 2.75. The summed E-state index contributed by atoms with van der Waals surface area (Å²) in [6, 6.07) is 8.38. The van der Waals surface area contributed by atoms with Crippen molar-refractivity contribution in [1.82, 2.24) is 10.3 Å². The molecule has 0 fully saturated rings. The minimum Gasteiger partial charge on any atom is -0.307 e. The van der Waals surface area contributed by atoms with Crippen LogP contribution in [0.4, 0.5) is 0 Å². The quantitative estimate of drug-likeness (QED) is 0.798. The molecule has 0 aliphatic rings. The molecule has 1 aromatic heterocycles. The molecule has 0 saturated carbocycles. The number of nitrogens with zero attached hydrogens (tertiary/aromatic N) is 1. The van der Waals surface area contributed by atoms with Gasteiger partial charge in [0.05, 0.1) is 5.52 Å². The smallest absolute Gasteiger partial charge is 0.0758 e. The van der Waals surface area contributed by atoms with Gasteiger partial charge in [-0.1, -0.05) is 48.8 Å². The molecule has 20 heavy (non-hydrogen) atoms. The van der Waals surface area contributed by atoms with Crippen molar-refractivity contribution < 1.29 is 0 Å². The second kappa shape index (κ2) is 6.68. The number of pyridine rings is 1. The highest BCUT2D eigenvalue weighted by molar-refractivity contribution is 9.10. The summed E-state index contributed by atoms with van der Waals surface area (Å²) in [7, 11) is 0. The molecule has 0 aliphatic carbocycles. The zero-order chi connectivity index (χ0) is 14.6. The minimum absolute atomic E-state index is 0.244. The Morgan fingerprint density at radius 2 is 1.80 bits per heavy atom. The van der Waals surface area contributed by atoms with Gasteiger partial charge in [-0.25, -0.2) is 0 Å². The van der Waals surface area contributed by atoms with Crippen LogP contribution >= 0.6 is 15.9 Å². The second-order valence-corrected chi connectivity index (χ2v) is 6.15. The van der Waals surface area contributed by atoms with Crippen molar-refractivity contribution >= 4 is 26.8 Å². The van der Waals surface area contributed by atoms with Gasteiger partial charge in [0.25, 0.3) is 0 Å². The van der Waals surface area contributed by atoms with Crippen LogP contribution in [-0.2, 0) is 6.54 Å². The topological polar surface area (TPSA) is 24.9 Å². The minimum atomic E-state index is 0.244. The van der Waals surface area contributed by atoms with Crippen molar-refractivity contribution in [3.05, 3.63) is 40.5 Å². The Balaban J connectivity index is 2.29. The molecule has 2 nitrogen and oxygen atoms in total. The fourth-order valence-corrected chi connectivity index (χ4v) is 3.20. The van der Waals surface area contributed by atoms with Crippen molar-refractivity contribution in [1.29, 1.82) is 0 Å². The Hall–Kier alpha value is -0.930. The van der Waals surface area contributed by atoms with Gasteiger partial charge in [0.2, 0.25) is 0 Å². The number of halogens is 1. The number of hydrogen-bond donors (Lipinski definition) is 1. The summed E-state index contributed by atoms with van der Waals surface area (Å²) >= 11 is 3.60. The predicted octanol–water partition coefficient (Wildman–Crippen LogP) is 5.06. The van der Waals surface area contributed by atoms with Crippen LogP contribution in [0.2, 0.25) is 0 Å². The van der Waals surface area contributed by atoms with Crippen LogP contribution in [0.1, 0.15) is 45.6 Å². The normalized spacial score (nSPS) is 12.0. The lowest BCUT2D eigenvalue weighted by Gasteiger charge is -2.32. The maximum absolute atomic E-state index is 4.55. The third-order valence-corrected chi connectivity index (χ3v) is 5.18. The van der Waals surface area contributed by atoms with Gasteiger partial charge in [0.15, 0.2) is 0 Å². The van der Waals surface area contributed by atoms with Crippen molar-refractivity contribution in [3.63, 3.8) is 0 Å². The molecule has 1 N–H and O–H groups in total. The van der Waals surface area contributed by atoms with Crippen LogP contribution in [0, 0.1) is 0 Å². The largest absolute Gasteiger partial charge is 0.307 e. The Bertz CT molecular complexity index is 568. The van der Waals surface area contributed by atoms with Crippen LogP contribution in [0.5, 0.6) is 0 Å². The highest BCUT2D eigenvalue weighted by atomic mass is 79.9. The molecule has 3 heteroatoms. The molecule has 0 atom stereocenters. The van der Waals surface area contributed by atoms with Crippen LogP contribution in [0.3, 0.4) is 0 Å². The van der Waals surface area contributed by atoms with E-state index >= 15 is 0 Å². The lowest BCUT2D eigenvalue weighted by molar-refractivity contribution is 0.288. The number of benzene rings is 1. The maximum atomic E-state index is 4.55. The highest BCUT2D eigenvalue weighted by Gasteiger charge is 2.23. The molecular weight excluding hydrogens is 312 g/mol.